The highest BCUT2D eigenvalue weighted by Crippen LogP contribution is 2.25. The Labute approximate surface area is 204 Å². The zero-order valence-corrected chi connectivity index (χ0v) is 19.8. The van der Waals surface area contributed by atoms with E-state index in [0.29, 0.717) is 53.9 Å². The van der Waals surface area contributed by atoms with Crippen LogP contribution in [0.5, 0.6) is 0 Å². The van der Waals surface area contributed by atoms with Gasteiger partial charge in [0.25, 0.3) is 5.91 Å². The van der Waals surface area contributed by atoms with Crippen LogP contribution in [0.2, 0.25) is 10.0 Å². The van der Waals surface area contributed by atoms with Crippen LogP contribution in [0.1, 0.15) is 15.9 Å². The van der Waals surface area contributed by atoms with Gasteiger partial charge in [-0.1, -0.05) is 41.9 Å². The Kier molecular flexibility index (Phi) is 8.69. The first kappa shape index (κ1) is 24.6. The van der Waals surface area contributed by atoms with Gasteiger partial charge in [-0.15, -0.1) is 0 Å². The molecule has 1 aliphatic heterocycles. The van der Waals surface area contributed by atoms with Crippen LogP contribution in [0.4, 0.5) is 5.69 Å². The summed E-state index contributed by atoms with van der Waals surface area (Å²) in [6, 6.07) is 12.7. The highest BCUT2D eigenvalue weighted by Gasteiger charge is 2.23. The van der Waals surface area contributed by atoms with Crippen LogP contribution in [0.15, 0.2) is 71.9 Å². The van der Waals surface area contributed by atoms with E-state index in [9.17, 15) is 9.59 Å². The molecule has 0 saturated carbocycles. The highest BCUT2D eigenvalue weighted by atomic mass is 35.5. The number of aliphatic imine (C=N–C) groups is 1. The number of hydrogen-bond acceptors (Lipinski definition) is 4. The number of amides is 2. The molecule has 6 nitrogen and oxygen atoms in total. The number of benzene rings is 2. The highest BCUT2D eigenvalue weighted by molar-refractivity contribution is 6.36. The van der Waals surface area contributed by atoms with Gasteiger partial charge >= 0.3 is 0 Å². The van der Waals surface area contributed by atoms with Gasteiger partial charge in [0.15, 0.2) is 0 Å². The normalized spacial score (nSPS) is 14.1. The second-order valence-corrected chi connectivity index (χ2v) is 8.38. The summed E-state index contributed by atoms with van der Waals surface area (Å²) in [7, 11) is 0. The predicted octanol–water partition coefficient (Wildman–Crippen LogP) is 4.39. The molecule has 1 aliphatic rings. The number of anilines is 1. The fraction of sp³-hybridized carbons (Fsp3) is 0.240. The average molecular weight is 485 g/mol. The van der Waals surface area contributed by atoms with Crippen molar-refractivity contribution < 1.29 is 9.59 Å². The minimum atomic E-state index is -0.174. The number of hydrogen-bond donors (Lipinski definition) is 1. The van der Waals surface area contributed by atoms with E-state index in [2.05, 4.69) is 28.5 Å². The molecular formula is C25H26Cl2N4O2. The number of nitrogens with one attached hydrogen (secondary N) is 1. The second-order valence-electron chi connectivity index (χ2n) is 7.57. The maximum absolute atomic E-state index is 12.7. The third kappa shape index (κ3) is 6.46. The lowest BCUT2D eigenvalue weighted by Crippen LogP contribution is -2.49. The van der Waals surface area contributed by atoms with Gasteiger partial charge in [0, 0.05) is 60.2 Å². The van der Waals surface area contributed by atoms with Crippen molar-refractivity contribution in [2.45, 2.75) is 6.42 Å². The van der Waals surface area contributed by atoms with Crippen LogP contribution in [0.25, 0.3) is 0 Å². The predicted molar refractivity (Wildman–Crippen MR) is 136 cm³/mol. The summed E-state index contributed by atoms with van der Waals surface area (Å²) >= 11 is 12.4. The van der Waals surface area contributed by atoms with Crippen LogP contribution in [0, 0.1) is 0 Å². The zero-order valence-electron chi connectivity index (χ0n) is 18.3. The minimum absolute atomic E-state index is 0.0104. The Balaban J connectivity index is 1.53. The standard InChI is InChI=1S/C25H26Cl2N4O2/c1-3-18(16-28-2)17-29-25(33)19-7-9-20(10-8-19)30-11-13-31(14-12-30)24(32)15-21-22(26)5-4-6-23(21)27/h3-10,16H,1-2,11-15,17H2,(H,29,33)/b18-16+. The van der Waals surface area contributed by atoms with Gasteiger partial charge in [0.2, 0.25) is 5.91 Å². The van der Waals surface area contributed by atoms with E-state index in [0.717, 1.165) is 11.3 Å². The fourth-order valence-electron chi connectivity index (χ4n) is 3.57. The topological polar surface area (TPSA) is 65.0 Å². The third-order valence-electron chi connectivity index (χ3n) is 5.49. The van der Waals surface area contributed by atoms with Gasteiger partial charge in [-0.3, -0.25) is 14.6 Å². The van der Waals surface area contributed by atoms with Gasteiger partial charge in [-0.25, -0.2) is 0 Å². The van der Waals surface area contributed by atoms with E-state index in [-0.39, 0.29) is 18.2 Å². The molecule has 8 heteroatoms. The molecule has 2 amide bonds. The molecule has 1 N–H and O–H groups in total. The first-order chi connectivity index (χ1) is 15.9. The van der Waals surface area contributed by atoms with E-state index >= 15 is 0 Å². The lowest BCUT2D eigenvalue weighted by molar-refractivity contribution is -0.130. The quantitative estimate of drug-likeness (QED) is 0.446. The molecule has 0 atom stereocenters. The molecule has 3 rings (SSSR count). The Hall–Kier alpha value is -3.09. The zero-order chi connectivity index (χ0) is 23.8. The number of carbonyl (C=O) groups excluding carboxylic acids is 2. The molecule has 1 saturated heterocycles. The van der Waals surface area contributed by atoms with Crippen molar-refractivity contribution in [3.63, 3.8) is 0 Å². The largest absolute Gasteiger partial charge is 0.368 e. The van der Waals surface area contributed by atoms with Crippen molar-refractivity contribution in [3.8, 4) is 0 Å². The van der Waals surface area contributed by atoms with Crippen molar-refractivity contribution in [1.29, 1.82) is 0 Å². The number of halogens is 2. The smallest absolute Gasteiger partial charge is 0.251 e. The molecule has 2 aromatic carbocycles. The van der Waals surface area contributed by atoms with Gasteiger partial charge in [-0.05, 0) is 54.3 Å². The summed E-state index contributed by atoms with van der Waals surface area (Å²) in [6.07, 6.45) is 3.38. The fourth-order valence-corrected chi connectivity index (χ4v) is 4.11. The molecule has 0 unspecified atom stereocenters. The van der Waals surface area contributed by atoms with E-state index < -0.39 is 0 Å². The van der Waals surface area contributed by atoms with Crippen molar-refractivity contribution >= 4 is 47.4 Å². The van der Waals surface area contributed by atoms with Crippen LogP contribution in [-0.2, 0) is 11.2 Å². The van der Waals surface area contributed by atoms with Crippen molar-refractivity contribution in [2.24, 2.45) is 4.99 Å². The SMILES string of the molecule is C=C/C(=C\N=C)CNC(=O)c1ccc(N2CCN(C(=O)Cc3c(Cl)cccc3Cl)CC2)cc1. The van der Waals surface area contributed by atoms with E-state index in [1.54, 1.807) is 42.6 Å². The number of carbonyl (C=O) groups is 2. The Morgan fingerprint density at radius 2 is 1.67 bits per heavy atom. The van der Waals surface area contributed by atoms with Crippen molar-refractivity contribution in [3.05, 3.63) is 88.1 Å². The van der Waals surface area contributed by atoms with E-state index in [1.807, 2.05) is 17.0 Å². The monoisotopic (exact) mass is 484 g/mol. The number of nitrogens with zero attached hydrogens (tertiary/aromatic N) is 3. The maximum Gasteiger partial charge on any atom is 0.251 e. The molecule has 1 heterocycles. The Bertz CT molecular complexity index is 1040. The Morgan fingerprint density at radius 3 is 2.24 bits per heavy atom. The summed E-state index contributed by atoms with van der Waals surface area (Å²) in [4.78, 5) is 32.8. The molecule has 1 fully saturated rings. The van der Waals surface area contributed by atoms with Gasteiger partial charge < -0.3 is 15.1 Å². The minimum Gasteiger partial charge on any atom is -0.368 e. The molecular weight excluding hydrogens is 459 g/mol. The maximum atomic E-state index is 12.7. The Morgan fingerprint density at radius 1 is 1.03 bits per heavy atom. The molecule has 0 aliphatic carbocycles. The molecule has 0 aromatic heterocycles. The number of piperazine rings is 1. The van der Waals surface area contributed by atoms with Crippen molar-refractivity contribution in [2.75, 3.05) is 37.6 Å². The summed E-state index contributed by atoms with van der Waals surface area (Å²) in [5.41, 5.74) is 3.02. The first-order valence-electron chi connectivity index (χ1n) is 10.5. The lowest BCUT2D eigenvalue weighted by Gasteiger charge is -2.36. The molecule has 0 bridgehead atoms. The van der Waals surface area contributed by atoms with Gasteiger partial charge in [-0.2, -0.15) is 0 Å². The summed E-state index contributed by atoms with van der Waals surface area (Å²) < 4.78 is 0. The summed E-state index contributed by atoms with van der Waals surface area (Å²) in [5.74, 6) is -0.164. The molecule has 33 heavy (non-hydrogen) atoms. The first-order valence-corrected chi connectivity index (χ1v) is 11.3. The van der Waals surface area contributed by atoms with Crippen LogP contribution in [0.3, 0.4) is 0 Å². The van der Waals surface area contributed by atoms with E-state index in [4.69, 9.17) is 23.2 Å². The number of rotatable bonds is 8. The lowest BCUT2D eigenvalue weighted by atomic mass is 10.1. The van der Waals surface area contributed by atoms with E-state index in [1.165, 1.54) is 0 Å². The third-order valence-corrected chi connectivity index (χ3v) is 6.20. The molecule has 0 spiro atoms. The van der Waals surface area contributed by atoms with Gasteiger partial charge in [0.1, 0.15) is 0 Å². The molecule has 0 radical (unpaired) electrons. The summed E-state index contributed by atoms with van der Waals surface area (Å²) in [5, 5.41) is 3.85. The summed E-state index contributed by atoms with van der Waals surface area (Å²) in [6.45, 7) is 10.0. The van der Waals surface area contributed by atoms with Crippen LogP contribution < -0.4 is 10.2 Å². The average Bonchev–Trinajstić information content (AvgIpc) is 2.84. The second kappa shape index (κ2) is 11.7. The molecule has 172 valence electrons. The van der Waals surface area contributed by atoms with Crippen LogP contribution >= 0.6 is 23.2 Å². The van der Waals surface area contributed by atoms with Crippen LogP contribution in [-0.4, -0.2) is 56.2 Å². The van der Waals surface area contributed by atoms with Gasteiger partial charge in [0.05, 0.1) is 6.42 Å². The molecule has 2 aromatic rings. The van der Waals surface area contributed by atoms with Crippen molar-refractivity contribution in [1.82, 2.24) is 10.2 Å².